The Kier molecular flexibility index (Phi) is 8.06. The van der Waals surface area contributed by atoms with Crippen LogP contribution >= 0.6 is 0 Å². The number of fused-ring (bicyclic) bond motifs is 3. The molecule has 3 fully saturated rings. The first-order chi connectivity index (χ1) is 16.9. The van der Waals surface area contributed by atoms with E-state index in [1.54, 1.807) is 19.1 Å². The summed E-state index contributed by atoms with van der Waals surface area (Å²) in [4.78, 5) is 39.7. The molecule has 2 saturated heterocycles. The maximum Gasteiger partial charge on any atom is 0.339 e. The van der Waals surface area contributed by atoms with Gasteiger partial charge in [-0.1, -0.05) is 36.4 Å². The number of piperidine rings is 2. The molecule has 1 atom stereocenters. The number of carboxylic acid groups (broad SMARTS) is 1. The Bertz CT molecular complexity index is 1050. The van der Waals surface area contributed by atoms with Gasteiger partial charge in [-0.25, -0.2) is 4.79 Å². The number of nitrogens with one attached hydrogen (secondary N) is 1. The number of ether oxygens (including phenoxy) is 1. The lowest BCUT2D eigenvalue weighted by Crippen LogP contribution is -2.52. The zero-order valence-corrected chi connectivity index (χ0v) is 20.2. The van der Waals surface area contributed by atoms with Crippen molar-refractivity contribution in [2.75, 3.05) is 13.2 Å². The van der Waals surface area contributed by atoms with Crippen molar-refractivity contribution in [1.82, 2.24) is 10.2 Å². The van der Waals surface area contributed by atoms with E-state index in [0.717, 1.165) is 24.9 Å². The summed E-state index contributed by atoms with van der Waals surface area (Å²) < 4.78 is 5.46. The normalized spacial score (nSPS) is 19.7. The number of carboxylic acids is 1. The van der Waals surface area contributed by atoms with Gasteiger partial charge in [0.15, 0.2) is 0 Å². The molecular weight excluding hydrogens is 444 g/mol. The van der Waals surface area contributed by atoms with E-state index in [1.165, 1.54) is 18.9 Å². The van der Waals surface area contributed by atoms with E-state index in [-0.39, 0.29) is 42.0 Å². The van der Waals surface area contributed by atoms with E-state index in [9.17, 15) is 19.5 Å². The van der Waals surface area contributed by atoms with Gasteiger partial charge in [0.05, 0.1) is 13.0 Å². The number of hydrogen-bond donors (Lipinski definition) is 2. The topological polar surface area (TPSA) is 95.9 Å². The SMILES string of the molecule is CCOc1cc(CC(=O)N[C@H](CC(=O)N2CC3CCC2CC3)Cc2ccccc2)ccc1C(=O)O. The number of nitrogens with zero attached hydrogens (tertiary/aromatic N) is 1. The first-order valence-electron chi connectivity index (χ1n) is 12.5. The Balaban J connectivity index is 1.44. The van der Waals surface area contributed by atoms with Gasteiger partial charge < -0.3 is 20.1 Å². The van der Waals surface area contributed by atoms with E-state index in [4.69, 9.17) is 4.74 Å². The summed E-state index contributed by atoms with van der Waals surface area (Å²) in [5, 5.41) is 12.4. The molecule has 3 aliphatic rings. The number of carbonyl (C=O) groups excluding carboxylic acids is 2. The van der Waals surface area contributed by atoms with Gasteiger partial charge >= 0.3 is 5.97 Å². The Hall–Kier alpha value is -3.35. The molecule has 2 aliphatic heterocycles. The first kappa shape index (κ1) is 24.8. The molecule has 1 saturated carbocycles. The molecular formula is C28H34N2O5. The highest BCUT2D eigenvalue weighted by Gasteiger charge is 2.36. The monoisotopic (exact) mass is 478 g/mol. The molecule has 0 spiro atoms. The minimum Gasteiger partial charge on any atom is -0.493 e. The third-order valence-electron chi connectivity index (χ3n) is 7.08. The lowest BCUT2D eigenvalue weighted by Gasteiger charge is -2.45. The summed E-state index contributed by atoms with van der Waals surface area (Å²) in [6, 6.07) is 14.6. The van der Waals surface area contributed by atoms with Gasteiger partial charge in [-0.15, -0.1) is 0 Å². The minimum atomic E-state index is -1.07. The molecule has 2 heterocycles. The van der Waals surface area contributed by atoms with E-state index in [0.29, 0.717) is 30.6 Å². The Labute approximate surface area is 206 Å². The van der Waals surface area contributed by atoms with Crippen LogP contribution in [0, 0.1) is 5.92 Å². The van der Waals surface area contributed by atoms with Crippen molar-refractivity contribution in [2.24, 2.45) is 5.92 Å². The number of rotatable bonds is 10. The Morgan fingerprint density at radius 3 is 2.43 bits per heavy atom. The molecule has 7 heteroatoms. The van der Waals surface area contributed by atoms with Crippen LogP contribution in [0.2, 0.25) is 0 Å². The van der Waals surface area contributed by atoms with Crippen LogP contribution in [0.3, 0.4) is 0 Å². The second-order valence-corrected chi connectivity index (χ2v) is 9.62. The lowest BCUT2D eigenvalue weighted by atomic mass is 9.79. The predicted molar refractivity (Wildman–Crippen MR) is 132 cm³/mol. The van der Waals surface area contributed by atoms with Crippen LogP contribution in [0.5, 0.6) is 5.75 Å². The molecule has 35 heavy (non-hydrogen) atoms. The van der Waals surface area contributed by atoms with Crippen molar-refractivity contribution < 1.29 is 24.2 Å². The maximum atomic E-state index is 13.2. The van der Waals surface area contributed by atoms with E-state index < -0.39 is 5.97 Å². The van der Waals surface area contributed by atoms with Gasteiger partial charge in [-0.05, 0) is 68.2 Å². The van der Waals surface area contributed by atoms with Crippen molar-refractivity contribution in [1.29, 1.82) is 0 Å². The van der Waals surface area contributed by atoms with Crippen LogP contribution in [0.4, 0.5) is 0 Å². The zero-order valence-electron chi connectivity index (χ0n) is 20.2. The fraction of sp³-hybridized carbons (Fsp3) is 0.464. The molecule has 2 aromatic rings. The van der Waals surface area contributed by atoms with Gasteiger partial charge in [-0.3, -0.25) is 9.59 Å². The van der Waals surface area contributed by atoms with Crippen LogP contribution in [0.25, 0.3) is 0 Å². The number of amides is 2. The molecule has 7 nitrogen and oxygen atoms in total. The molecule has 0 aromatic heterocycles. The van der Waals surface area contributed by atoms with E-state index in [2.05, 4.69) is 5.32 Å². The van der Waals surface area contributed by atoms with E-state index >= 15 is 0 Å². The summed E-state index contributed by atoms with van der Waals surface area (Å²) >= 11 is 0. The summed E-state index contributed by atoms with van der Waals surface area (Å²) in [5.74, 6) is -0.298. The zero-order chi connectivity index (χ0) is 24.8. The average Bonchev–Trinajstić information content (AvgIpc) is 2.85. The summed E-state index contributed by atoms with van der Waals surface area (Å²) in [6.45, 7) is 2.95. The van der Waals surface area contributed by atoms with Crippen molar-refractivity contribution in [2.45, 2.75) is 64.0 Å². The van der Waals surface area contributed by atoms with Gasteiger partial charge in [0.2, 0.25) is 11.8 Å². The van der Waals surface area contributed by atoms with Crippen LogP contribution < -0.4 is 10.1 Å². The highest BCUT2D eigenvalue weighted by Crippen LogP contribution is 2.35. The fourth-order valence-electron chi connectivity index (χ4n) is 5.37. The molecule has 186 valence electrons. The van der Waals surface area contributed by atoms with Gasteiger partial charge in [0.1, 0.15) is 11.3 Å². The Morgan fingerprint density at radius 2 is 1.80 bits per heavy atom. The van der Waals surface area contributed by atoms with Gasteiger partial charge in [0.25, 0.3) is 0 Å². The molecule has 0 unspecified atom stereocenters. The molecule has 1 aliphatic carbocycles. The standard InChI is InChI=1S/C28H34N2O5/c1-2-35-25-15-21(10-13-24(25)28(33)34)16-26(31)29-22(14-19-6-4-3-5-7-19)17-27(32)30-18-20-8-11-23(30)12-9-20/h3-7,10,13,15,20,22-23H,2,8-9,11-12,14,16-18H2,1H3,(H,29,31)(H,33,34)/t20?,22-,23?/m0/s1. The average molecular weight is 479 g/mol. The van der Waals surface area contributed by atoms with Crippen LogP contribution in [-0.4, -0.2) is 53.0 Å². The number of aromatic carboxylic acids is 1. The van der Waals surface area contributed by atoms with Gasteiger partial charge in [-0.2, -0.15) is 0 Å². The smallest absolute Gasteiger partial charge is 0.339 e. The quantitative estimate of drug-likeness (QED) is 0.541. The lowest BCUT2D eigenvalue weighted by molar-refractivity contribution is -0.139. The highest BCUT2D eigenvalue weighted by atomic mass is 16.5. The summed E-state index contributed by atoms with van der Waals surface area (Å²) in [6.07, 6.45) is 5.51. The number of carbonyl (C=O) groups is 3. The largest absolute Gasteiger partial charge is 0.493 e. The first-order valence-corrected chi connectivity index (χ1v) is 12.5. The third kappa shape index (κ3) is 6.41. The summed E-state index contributed by atoms with van der Waals surface area (Å²) in [7, 11) is 0. The van der Waals surface area contributed by atoms with Crippen LogP contribution in [0.15, 0.2) is 48.5 Å². The summed E-state index contributed by atoms with van der Waals surface area (Å²) in [5.41, 5.74) is 1.80. The number of hydrogen-bond acceptors (Lipinski definition) is 4. The second-order valence-electron chi connectivity index (χ2n) is 9.62. The molecule has 2 N–H and O–H groups in total. The van der Waals surface area contributed by atoms with Crippen molar-refractivity contribution in [3.8, 4) is 5.75 Å². The molecule has 5 rings (SSSR count). The molecule has 0 radical (unpaired) electrons. The second kappa shape index (κ2) is 11.4. The molecule has 2 bridgehead atoms. The predicted octanol–water partition coefficient (Wildman–Crippen LogP) is 3.84. The molecule has 2 aromatic carbocycles. The minimum absolute atomic E-state index is 0.0689. The number of benzene rings is 2. The highest BCUT2D eigenvalue weighted by molar-refractivity contribution is 5.91. The van der Waals surface area contributed by atoms with Crippen LogP contribution in [0.1, 0.15) is 60.5 Å². The van der Waals surface area contributed by atoms with Crippen molar-refractivity contribution >= 4 is 17.8 Å². The van der Waals surface area contributed by atoms with Gasteiger partial charge in [0, 0.05) is 25.0 Å². The van der Waals surface area contributed by atoms with Crippen molar-refractivity contribution in [3.05, 3.63) is 65.2 Å². The fourth-order valence-corrected chi connectivity index (χ4v) is 5.37. The molecule has 2 amide bonds. The Morgan fingerprint density at radius 1 is 1.06 bits per heavy atom. The van der Waals surface area contributed by atoms with Crippen molar-refractivity contribution in [3.63, 3.8) is 0 Å². The maximum absolute atomic E-state index is 13.2. The third-order valence-corrected chi connectivity index (χ3v) is 7.08. The van der Waals surface area contributed by atoms with Crippen LogP contribution in [-0.2, 0) is 22.4 Å². The van der Waals surface area contributed by atoms with E-state index in [1.807, 2.05) is 35.2 Å².